The van der Waals surface area contributed by atoms with E-state index in [0.29, 0.717) is 12.5 Å². The topological polar surface area (TPSA) is 29.1 Å². The van der Waals surface area contributed by atoms with Crippen LogP contribution >= 0.6 is 11.6 Å². The molecular weight excluding hydrogens is 291 g/mol. The van der Waals surface area contributed by atoms with Gasteiger partial charge in [-0.25, -0.2) is 0 Å². The molecule has 2 unspecified atom stereocenters. The zero-order valence-corrected chi connectivity index (χ0v) is 11.5. The van der Waals surface area contributed by atoms with Gasteiger partial charge in [0.25, 0.3) is 5.91 Å². The van der Waals surface area contributed by atoms with Crippen LogP contribution in [0.2, 0.25) is 0 Å². The van der Waals surface area contributed by atoms with E-state index in [1.807, 2.05) is 0 Å². The smallest absolute Gasteiger partial charge is 0.352 e. The molecule has 1 amide bonds. The molecule has 1 aromatic rings. The van der Waals surface area contributed by atoms with E-state index < -0.39 is 17.6 Å². The molecule has 20 heavy (non-hydrogen) atoms. The number of benzene rings is 1. The van der Waals surface area contributed by atoms with Crippen LogP contribution in [0.5, 0.6) is 0 Å². The third kappa shape index (κ3) is 3.88. The van der Waals surface area contributed by atoms with Crippen molar-refractivity contribution >= 4 is 17.5 Å². The van der Waals surface area contributed by atoms with Crippen molar-refractivity contribution in [3.8, 4) is 0 Å². The Morgan fingerprint density at radius 2 is 2.10 bits per heavy atom. The number of carbonyl (C=O) groups excluding carboxylic acids is 1. The number of amides is 1. The first-order valence-electron chi connectivity index (χ1n) is 6.46. The maximum Gasteiger partial charge on any atom is 0.416 e. The lowest BCUT2D eigenvalue weighted by Crippen LogP contribution is -2.28. The SMILES string of the molecule is O=C(NCC1CCC(Cl)C1)c1cccc(C(F)(F)F)c1. The standard InChI is InChI=1S/C14H15ClF3NO/c15-12-5-4-9(6-12)8-19-13(20)10-2-1-3-11(7-10)14(16,17)18/h1-3,7,9,12H,4-6,8H2,(H,19,20). The van der Waals surface area contributed by atoms with Crippen molar-refractivity contribution in [2.45, 2.75) is 30.8 Å². The molecular formula is C14H15ClF3NO. The van der Waals surface area contributed by atoms with Crippen LogP contribution in [0.1, 0.15) is 35.2 Å². The molecule has 1 aliphatic rings. The number of rotatable bonds is 3. The lowest BCUT2D eigenvalue weighted by Gasteiger charge is -2.12. The van der Waals surface area contributed by atoms with Crippen LogP contribution in [0.15, 0.2) is 24.3 Å². The Labute approximate surface area is 120 Å². The minimum atomic E-state index is -4.44. The first kappa shape index (κ1) is 15.2. The van der Waals surface area contributed by atoms with E-state index in [2.05, 4.69) is 5.32 Å². The first-order valence-corrected chi connectivity index (χ1v) is 6.89. The molecule has 1 aliphatic carbocycles. The molecule has 0 aliphatic heterocycles. The molecule has 0 spiro atoms. The van der Waals surface area contributed by atoms with Crippen molar-refractivity contribution in [2.75, 3.05) is 6.54 Å². The molecule has 2 atom stereocenters. The fourth-order valence-electron chi connectivity index (χ4n) is 2.38. The predicted octanol–water partition coefficient (Wildman–Crippen LogP) is 3.84. The van der Waals surface area contributed by atoms with Gasteiger partial charge in [0, 0.05) is 17.5 Å². The highest BCUT2D eigenvalue weighted by atomic mass is 35.5. The van der Waals surface area contributed by atoms with E-state index in [0.717, 1.165) is 31.4 Å². The second-order valence-corrected chi connectivity index (χ2v) is 5.68. The quantitative estimate of drug-likeness (QED) is 0.845. The maximum atomic E-state index is 12.6. The molecule has 0 saturated heterocycles. The zero-order valence-electron chi connectivity index (χ0n) is 10.7. The maximum absolute atomic E-state index is 12.6. The Hall–Kier alpha value is -1.23. The average Bonchev–Trinajstić information content (AvgIpc) is 2.81. The highest BCUT2D eigenvalue weighted by molar-refractivity contribution is 6.20. The van der Waals surface area contributed by atoms with Gasteiger partial charge in [0.05, 0.1) is 5.56 Å². The molecule has 0 bridgehead atoms. The van der Waals surface area contributed by atoms with Crippen LogP contribution in [0.4, 0.5) is 13.2 Å². The third-order valence-electron chi connectivity index (χ3n) is 3.48. The largest absolute Gasteiger partial charge is 0.416 e. The fourth-order valence-corrected chi connectivity index (χ4v) is 2.75. The Bertz CT molecular complexity index is 490. The Morgan fingerprint density at radius 1 is 1.35 bits per heavy atom. The number of nitrogens with one attached hydrogen (secondary N) is 1. The molecule has 2 rings (SSSR count). The van der Waals surface area contributed by atoms with Gasteiger partial charge in [-0.2, -0.15) is 13.2 Å². The molecule has 1 fully saturated rings. The van der Waals surface area contributed by atoms with E-state index in [9.17, 15) is 18.0 Å². The van der Waals surface area contributed by atoms with E-state index in [1.54, 1.807) is 0 Å². The van der Waals surface area contributed by atoms with Crippen LogP contribution in [-0.4, -0.2) is 17.8 Å². The van der Waals surface area contributed by atoms with Crippen molar-refractivity contribution < 1.29 is 18.0 Å². The first-order chi connectivity index (χ1) is 9.36. The zero-order chi connectivity index (χ0) is 14.8. The van der Waals surface area contributed by atoms with Gasteiger partial charge in [-0.15, -0.1) is 11.6 Å². The summed E-state index contributed by atoms with van der Waals surface area (Å²) in [7, 11) is 0. The van der Waals surface area contributed by atoms with Gasteiger partial charge in [-0.1, -0.05) is 6.07 Å². The van der Waals surface area contributed by atoms with E-state index >= 15 is 0 Å². The van der Waals surface area contributed by atoms with Crippen molar-refractivity contribution in [3.05, 3.63) is 35.4 Å². The minimum Gasteiger partial charge on any atom is -0.352 e. The summed E-state index contributed by atoms with van der Waals surface area (Å²) in [5.41, 5.74) is -0.785. The summed E-state index contributed by atoms with van der Waals surface area (Å²) in [6.45, 7) is 0.457. The summed E-state index contributed by atoms with van der Waals surface area (Å²) in [6, 6.07) is 4.44. The van der Waals surface area contributed by atoms with Gasteiger partial charge in [0.15, 0.2) is 0 Å². The highest BCUT2D eigenvalue weighted by Gasteiger charge is 2.31. The summed E-state index contributed by atoms with van der Waals surface area (Å²) in [5, 5.41) is 2.82. The van der Waals surface area contributed by atoms with Crippen molar-refractivity contribution in [3.63, 3.8) is 0 Å². The number of alkyl halides is 4. The molecule has 110 valence electrons. The van der Waals surface area contributed by atoms with Gasteiger partial charge in [0.2, 0.25) is 0 Å². The Kier molecular flexibility index (Phi) is 4.58. The van der Waals surface area contributed by atoms with Crippen molar-refractivity contribution in [1.29, 1.82) is 0 Å². The molecule has 0 heterocycles. The van der Waals surface area contributed by atoms with Gasteiger partial charge >= 0.3 is 6.18 Å². The number of hydrogen-bond donors (Lipinski definition) is 1. The lowest BCUT2D eigenvalue weighted by molar-refractivity contribution is -0.137. The number of halogens is 4. The second kappa shape index (κ2) is 6.04. The summed E-state index contributed by atoms with van der Waals surface area (Å²) in [6.07, 6.45) is -1.74. The van der Waals surface area contributed by atoms with Crippen LogP contribution in [-0.2, 0) is 6.18 Å². The van der Waals surface area contributed by atoms with Gasteiger partial charge in [-0.3, -0.25) is 4.79 Å². The Balaban J connectivity index is 1.95. The Morgan fingerprint density at radius 3 is 2.70 bits per heavy atom. The van der Waals surface area contributed by atoms with E-state index in [1.165, 1.54) is 12.1 Å². The van der Waals surface area contributed by atoms with Gasteiger partial charge in [0.1, 0.15) is 0 Å². The predicted molar refractivity (Wildman–Crippen MR) is 70.8 cm³/mol. The van der Waals surface area contributed by atoms with Gasteiger partial charge in [-0.05, 0) is 43.4 Å². The molecule has 6 heteroatoms. The van der Waals surface area contributed by atoms with Crippen molar-refractivity contribution in [2.24, 2.45) is 5.92 Å². The highest BCUT2D eigenvalue weighted by Crippen LogP contribution is 2.30. The summed E-state index contributed by atoms with van der Waals surface area (Å²) >= 11 is 5.97. The van der Waals surface area contributed by atoms with E-state index in [4.69, 9.17) is 11.6 Å². The fraction of sp³-hybridized carbons (Fsp3) is 0.500. The van der Waals surface area contributed by atoms with Gasteiger partial charge < -0.3 is 5.32 Å². The number of carbonyl (C=O) groups is 1. The van der Waals surface area contributed by atoms with Crippen LogP contribution < -0.4 is 5.32 Å². The normalized spacial score (nSPS) is 22.8. The molecule has 2 nitrogen and oxygen atoms in total. The molecule has 0 aromatic heterocycles. The molecule has 1 N–H and O–H groups in total. The van der Waals surface area contributed by atoms with Crippen LogP contribution in [0.25, 0.3) is 0 Å². The minimum absolute atomic E-state index is 0.0280. The molecule has 1 saturated carbocycles. The molecule has 0 radical (unpaired) electrons. The average molecular weight is 306 g/mol. The van der Waals surface area contributed by atoms with Crippen molar-refractivity contribution in [1.82, 2.24) is 5.32 Å². The third-order valence-corrected chi connectivity index (χ3v) is 3.88. The lowest BCUT2D eigenvalue weighted by atomic mass is 10.1. The van der Waals surface area contributed by atoms with E-state index in [-0.39, 0.29) is 10.9 Å². The summed E-state index contributed by atoms with van der Waals surface area (Å²) < 4.78 is 37.7. The van der Waals surface area contributed by atoms with Crippen LogP contribution in [0.3, 0.4) is 0 Å². The monoisotopic (exact) mass is 305 g/mol. The number of hydrogen-bond acceptors (Lipinski definition) is 1. The summed E-state index contributed by atoms with van der Waals surface area (Å²) in [4.78, 5) is 11.9. The van der Waals surface area contributed by atoms with Crippen LogP contribution in [0, 0.1) is 5.92 Å². The molecule has 1 aromatic carbocycles. The second-order valence-electron chi connectivity index (χ2n) is 5.06. The summed E-state index contributed by atoms with van der Waals surface area (Å²) in [5.74, 6) is -0.165.